The van der Waals surface area contributed by atoms with Gasteiger partial charge in [-0.05, 0) is 47.9 Å². The fourth-order valence-corrected chi connectivity index (χ4v) is 3.99. The lowest BCUT2D eigenvalue weighted by molar-refractivity contribution is -0.252. The van der Waals surface area contributed by atoms with E-state index < -0.39 is 17.7 Å². The minimum Gasteiger partial charge on any atom is -0.508 e. The van der Waals surface area contributed by atoms with Crippen molar-refractivity contribution in [1.82, 2.24) is 0 Å². The highest BCUT2D eigenvalue weighted by atomic mass is 35.5. The van der Waals surface area contributed by atoms with E-state index in [1.807, 2.05) is 13.8 Å². The Balaban J connectivity index is 2.56. The van der Waals surface area contributed by atoms with Gasteiger partial charge in [-0.15, -0.1) is 0 Å². The molecule has 0 fully saturated rings. The van der Waals surface area contributed by atoms with Crippen LogP contribution in [0.15, 0.2) is 29.8 Å². The molecule has 6 heteroatoms. The zero-order valence-electron chi connectivity index (χ0n) is 13.9. The molecule has 0 aliphatic heterocycles. The molecule has 1 aromatic rings. The van der Waals surface area contributed by atoms with Crippen molar-refractivity contribution in [3.63, 3.8) is 0 Å². The normalized spacial score (nSPS) is 25.8. The fourth-order valence-electron chi connectivity index (χ4n) is 3.65. The van der Waals surface area contributed by atoms with Gasteiger partial charge in [0.2, 0.25) is 0 Å². The second-order valence-corrected chi connectivity index (χ2v) is 7.31. The van der Waals surface area contributed by atoms with E-state index in [1.165, 1.54) is 31.2 Å². The van der Waals surface area contributed by atoms with E-state index >= 15 is 0 Å². The molecule has 0 saturated heterocycles. The van der Waals surface area contributed by atoms with Crippen LogP contribution in [0.4, 0.5) is 13.2 Å². The Morgan fingerprint density at radius 2 is 1.88 bits per heavy atom. The number of alkyl halides is 3. The summed E-state index contributed by atoms with van der Waals surface area (Å²) in [5.74, 6) is -1.39. The molecule has 1 aliphatic rings. The average molecular weight is 363 g/mol. The van der Waals surface area contributed by atoms with Gasteiger partial charge in [-0.1, -0.05) is 44.5 Å². The summed E-state index contributed by atoms with van der Waals surface area (Å²) in [6.07, 6.45) is -2.30. The van der Waals surface area contributed by atoms with E-state index in [1.54, 1.807) is 0 Å². The summed E-state index contributed by atoms with van der Waals surface area (Å²) in [4.78, 5) is 0. The van der Waals surface area contributed by atoms with Gasteiger partial charge in [0, 0.05) is 10.9 Å². The third kappa shape index (κ3) is 3.42. The largest absolute Gasteiger partial charge is 0.508 e. The highest BCUT2D eigenvalue weighted by Crippen LogP contribution is 2.50. The maximum Gasteiger partial charge on any atom is 0.421 e. The summed E-state index contributed by atoms with van der Waals surface area (Å²) in [5, 5.41) is 20.2. The lowest BCUT2D eigenvalue weighted by atomic mass is 9.70. The minimum absolute atomic E-state index is 0.00195. The van der Waals surface area contributed by atoms with E-state index in [2.05, 4.69) is 0 Å². The van der Waals surface area contributed by atoms with E-state index in [4.69, 9.17) is 11.6 Å². The molecule has 0 bridgehead atoms. The van der Waals surface area contributed by atoms with Gasteiger partial charge in [-0.3, -0.25) is 0 Å². The van der Waals surface area contributed by atoms with Crippen LogP contribution in [0.25, 0.3) is 0 Å². The fraction of sp³-hybridized carbons (Fsp3) is 0.556. The molecule has 2 rings (SSSR count). The van der Waals surface area contributed by atoms with Crippen LogP contribution < -0.4 is 0 Å². The summed E-state index contributed by atoms with van der Waals surface area (Å²) in [6.45, 7) is 5.06. The van der Waals surface area contributed by atoms with E-state index in [9.17, 15) is 23.4 Å². The first-order valence-corrected chi connectivity index (χ1v) is 8.33. The molecule has 4 unspecified atom stereocenters. The number of benzene rings is 1. The molecule has 24 heavy (non-hydrogen) atoms. The molecule has 2 N–H and O–H groups in total. The molecule has 0 amide bonds. The lowest BCUT2D eigenvalue weighted by Gasteiger charge is -2.41. The summed E-state index contributed by atoms with van der Waals surface area (Å²) in [5.41, 5.74) is -2.84. The molecule has 0 saturated carbocycles. The van der Waals surface area contributed by atoms with Crippen LogP contribution >= 0.6 is 11.6 Å². The molecule has 134 valence electrons. The van der Waals surface area contributed by atoms with Gasteiger partial charge < -0.3 is 10.2 Å². The second kappa shape index (κ2) is 6.60. The molecule has 2 nitrogen and oxygen atoms in total. The number of allylic oxidation sites excluding steroid dienone is 1. The van der Waals surface area contributed by atoms with Gasteiger partial charge in [0.25, 0.3) is 0 Å². The zero-order chi connectivity index (χ0) is 18.3. The van der Waals surface area contributed by atoms with Crippen molar-refractivity contribution >= 4 is 11.6 Å². The van der Waals surface area contributed by atoms with Crippen LogP contribution in [0, 0.1) is 11.8 Å². The van der Waals surface area contributed by atoms with Crippen molar-refractivity contribution in [3.05, 3.63) is 40.4 Å². The number of halogens is 4. The monoisotopic (exact) mass is 362 g/mol. The van der Waals surface area contributed by atoms with Crippen molar-refractivity contribution in [1.29, 1.82) is 0 Å². The average Bonchev–Trinajstić information content (AvgIpc) is 2.43. The summed E-state index contributed by atoms with van der Waals surface area (Å²) in [7, 11) is 0. The maximum absolute atomic E-state index is 13.9. The zero-order valence-corrected chi connectivity index (χ0v) is 14.6. The smallest absolute Gasteiger partial charge is 0.421 e. The van der Waals surface area contributed by atoms with E-state index in [0.717, 1.165) is 6.42 Å². The Labute approximate surface area is 145 Å². The Bertz CT molecular complexity index is 642. The molecule has 4 atom stereocenters. The molecule has 0 spiro atoms. The van der Waals surface area contributed by atoms with Crippen LogP contribution in [-0.4, -0.2) is 22.0 Å². The summed E-state index contributed by atoms with van der Waals surface area (Å²) in [6, 6.07) is 3.79. The van der Waals surface area contributed by atoms with Gasteiger partial charge in [0.1, 0.15) is 5.75 Å². The number of aromatic hydroxyl groups is 1. The van der Waals surface area contributed by atoms with Gasteiger partial charge in [-0.2, -0.15) is 13.2 Å². The molecule has 1 aliphatic carbocycles. The van der Waals surface area contributed by atoms with E-state index in [0.29, 0.717) is 0 Å². The van der Waals surface area contributed by atoms with Crippen LogP contribution in [0.2, 0.25) is 5.02 Å². The predicted octanol–water partition coefficient (Wildman–Crippen LogP) is 5.43. The van der Waals surface area contributed by atoms with Crippen LogP contribution in [0.3, 0.4) is 0 Å². The van der Waals surface area contributed by atoms with Gasteiger partial charge in [0.05, 0.1) is 0 Å². The van der Waals surface area contributed by atoms with Crippen molar-refractivity contribution in [3.8, 4) is 5.75 Å². The summed E-state index contributed by atoms with van der Waals surface area (Å²) < 4.78 is 41.7. The van der Waals surface area contributed by atoms with Crippen LogP contribution in [-0.2, 0) is 0 Å². The Morgan fingerprint density at radius 3 is 2.38 bits per heavy atom. The highest BCUT2D eigenvalue weighted by molar-refractivity contribution is 6.31. The van der Waals surface area contributed by atoms with E-state index in [-0.39, 0.29) is 40.2 Å². The van der Waals surface area contributed by atoms with Crippen molar-refractivity contribution < 1.29 is 23.4 Å². The first kappa shape index (κ1) is 19.1. The number of rotatable bonds is 3. The second-order valence-electron chi connectivity index (χ2n) is 6.91. The minimum atomic E-state index is -4.84. The molecule has 0 radical (unpaired) electrons. The first-order chi connectivity index (χ1) is 11.0. The third-order valence-electron chi connectivity index (χ3n) is 4.83. The van der Waals surface area contributed by atoms with Gasteiger partial charge in [0.15, 0.2) is 5.60 Å². The quantitative estimate of drug-likeness (QED) is 0.703. The van der Waals surface area contributed by atoms with Crippen molar-refractivity contribution in [2.75, 3.05) is 0 Å². The molecular formula is C18H22ClF3O2. The van der Waals surface area contributed by atoms with Gasteiger partial charge >= 0.3 is 6.18 Å². The number of hydrogen-bond acceptors (Lipinski definition) is 2. The highest BCUT2D eigenvalue weighted by Gasteiger charge is 2.60. The Morgan fingerprint density at radius 1 is 1.25 bits per heavy atom. The number of phenolic OH excluding ortho intramolecular Hbond substituents is 1. The molecule has 1 aromatic carbocycles. The standard InChI is InChI=1S/C18H22ClF3O2/c1-10-6-11(2)8-13(7-10)17(24,18(20,21)22)12(3)15-5-4-14(23)9-16(15)19/h4-5,7,9-12,23-24H,6,8H2,1-3H3. The Kier molecular flexibility index (Phi) is 5.26. The van der Waals surface area contributed by atoms with Crippen LogP contribution in [0.5, 0.6) is 5.75 Å². The molecular weight excluding hydrogens is 341 g/mol. The Hall–Kier alpha value is -1.20. The lowest BCUT2D eigenvalue weighted by Crippen LogP contribution is -2.52. The molecule has 0 aromatic heterocycles. The maximum atomic E-state index is 13.9. The van der Waals surface area contributed by atoms with Gasteiger partial charge in [-0.25, -0.2) is 0 Å². The molecule has 0 heterocycles. The first-order valence-electron chi connectivity index (χ1n) is 7.95. The predicted molar refractivity (Wildman–Crippen MR) is 88.2 cm³/mol. The topological polar surface area (TPSA) is 40.5 Å². The number of phenols is 1. The van der Waals surface area contributed by atoms with Crippen molar-refractivity contribution in [2.45, 2.75) is 51.3 Å². The number of aliphatic hydroxyl groups is 1. The number of hydrogen-bond donors (Lipinski definition) is 2. The third-order valence-corrected chi connectivity index (χ3v) is 5.15. The van der Waals surface area contributed by atoms with Crippen molar-refractivity contribution in [2.24, 2.45) is 11.8 Å². The SMILES string of the molecule is CC1C=C(C(O)(C(C)c2ccc(O)cc2Cl)C(F)(F)F)CC(C)C1. The van der Waals surface area contributed by atoms with Crippen LogP contribution in [0.1, 0.15) is 45.1 Å². The summed E-state index contributed by atoms with van der Waals surface area (Å²) >= 11 is 6.02.